The van der Waals surface area contributed by atoms with Gasteiger partial charge in [-0.3, -0.25) is 0 Å². The first kappa shape index (κ1) is 17.0. The van der Waals surface area contributed by atoms with Crippen LogP contribution in [-0.2, 0) is 4.79 Å². The lowest BCUT2D eigenvalue weighted by atomic mass is 9.45. The summed E-state index contributed by atoms with van der Waals surface area (Å²) in [7, 11) is 0. The van der Waals surface area contributed by atoms with Crippen molar-refractivity contribution in [1.82, 2.24) is 0 Å². The third kappa shape index (κ3) is 2.75. The molecule has 3 aliphatic carbocycles. The summed E-state index contributed by atoms with van der Waals surface area (Å²) in [6.45, 7) is 11.5. The Labute approximate surface area is 142 Å². The molecule has 1 heteroatoms. The molecular formula is C22H34O. The van der Waals surface area contributed by atoms with Crippen LogP contribution in [0.3, 0.4) is 0 Å². The average molecular weight is 315 g/mol. The van der Waals surface area contributed by atoms with Gasteiger partial charge < -0.3 is 4.79 Å². The summed E-state index contributed by atoms with van der Waals surface area (Å²) in [5.41, 5.74) is 2.80. The van der Waals surface area contributed by atoms with Gasteiger partial charge in [0.15, 0.2) is 0 Å². The summed E-state index contributed by atoms with van der Waals surface area (Å²) in [4.78, 5) is 10.9. The fraction of sp³-hybridized carbons (Fsp3) is 0.773. The van der Waals surface area contributed by atoms with Gasteiger partial charge >= 0.3 is 0 Å². The van der Waals surface area contributed by atoms with E-state index in [2.05, 4.69) is 39.5 Å². The van der Waals surface area contributed by atoms with Crippen LogP contribution in [0.4, 0.5) is 0 Å². The minimum Gasteiger partial charge on any atom is -0.303 e. The fourth-order valence-electron chi connectivity index (χ4n) is 6.43. The second-order valence-corrected chi connectivity index (χ2v) is 9.38. The van der Waals surface area contributed by atoms with Crippen LogP contribution in [-0.4, -0.2) is 6.29 Å². The smallest absolute Gasteiger partial charge is 0.120 e. The highest BCUT2D eigenvalue weighted by atomic mass is 16.1. The highest BCUT2D eigenvalue weighted by molar-refractivity contribution is 5.49. The van der Waals surface area contributed by atoms with E-state index < -0.39 is 0 Å². The standard InChI is InChI=1S/C22H34O/c1-5-20(2)14-10-18-17(16-20)8-9-19-21(3,12-7-15-23)11-6-13-22(18,19)4/h5,10,15,17,19H,1,6-9,11-14,16H2,2-4H3/t17?,19?,20-,21-,22-/m0/s1. The van der Waals surface area contributed by atoms with Gasteiger partial charge in [-0.25, -0.2) is 0 Å². The number of rotatable bonds is 4. The molecule has 0 bridgehead atoms. The number of hydrogen-bond donors (Lipinski definition) is 0. The van der Waals surface area contributed by atoms with Crippen molar-refractivity contribution in [2.24, 2.45) is 28.1 Å². The molecule has 2 fully saturated rings. The summed E-state index contributed by atoms with van der Waals surface area (Å²) < 4.78 is 0. The summed E-state index contributed by atoms with van der Waals surface area (Å²) >= 11 is 0. The van der Waals surface area contributed by atoms with E-state index >= 15 is 0 Å². The number of allylic oxidation sites excluding steroid dienone is 3. The highest BCUT2D eigenvalue weighted by Crippen LogP contribution is 2.64. The Balaban J connectivity index is 1.91. The van der Waals surface area contributed by atoms with Crippen molar-refractivity contribution in [3.05, 3.63) is 24.3 Å². The van der Waals surface area contributed by atoms with E-state index in [1.54, 1.807) is 5.57 Å². The van der Waals surface area contributed by atoms with Crippen molar-refractivity contribution in [2.75, 3.05) is 0 Å². The van der Waals surface area contributed by atoms with Gasteiger partial charge in [0, 0.05) is 6.42 Å². The molecule has 0 aliphatic heterocycles. The molecule has 128 valence electrons. The van der Waals surface area contributed by atoms with Crippen molar-refractivity contribution in [3.63, 3.8) is 0 Å². The van der Waals surface area contributed by atoms with E-state index in [-0.39, 0.29) is 0 Å². The summed E-state index contributed by atoms with van der Waals surface area (Å²) in [6.07, 6.45) is 16.8. The van der Waals surface area contributed by atoms with Crippen molar-refractivity contribution < 1.29 is 4.79 Å². The lowest BCUT2D eigenvalue weighted by Crippen LogP contribution is -2.50. The minimum atomic E-state index is 0.298. The van der Waals surface area contributed by atoms with Gasteiger partial charge in [0.25, 0.3) is 0 Å². The van der Waals surface area contributed by atoms with Crippen molar-refractivity contribution in [3.8, 4) is 0 Å². The van der Waals surface area contributed by atoms with E-state index in [0.29, 0.717) is 16.2 Å². The van der Waals surface area contributed by atoms with Crippen LogP contribution in [0.15, 0.2) is 24.3 Å². The number of carbonyl (C=O) groups is 1. The quantitative estimate of drug-likeness (QED) is 0.452. The van der Waals surface area contributed by atoms with Crippen LogP contribution in [0.1, 0.15) is 78.6 Å². The van der Waals surface area contributed by atoms with Gasteiger partial charge in [-0.1, -0.05) is 44.9 Å². The molecule has 0 N–H and O–H groups in total. The molecule has 3 rings (SSSR count). The van der Waals surface area contributed by atoms with E-state index in [9.17, 15) is 4.79 Å². The van der Waals surface area contributed by atoms with Crippen molar-refractivity contribution in [1.29, 1.82) is 0 Å². The van der Waals surface area contributed by atoms with E-state index in [1.165, 1.54) is 38.5 Å². The zero-order valence-corrected chi connectivity index (χ0v) is 15.4. The van der Waals surface area contributed by atoms with Crippen LogP contribution in [0.25, 0.3) is 0 Å². The van der Waals surface area contributed by atoms with Gasteiger partial charge in [-0.05, 0) is 73.0 Å². The zero-order chi connectivity index (χ0) is 16.7. The van der Waals surface area contributed by atoms with Gasteiger partial charge in [-0.2, -0.15) is 0 Å². The Morgan fingerprint density at radius 2 is 2.04 bits per heavy atom. The zero-order valence-electron chi connectivity index (χ0n) is 15.4. The second kappa shape index (κ2) is 5.90. The van der Waals surface area contributed by atoms with E-state index in [0.717, 1.165) is 37.4 Å². The highest BCUT2D eigenvalue weighted by Gasteiger charge is 2.54. The Bertz CT molecular complexity index is 518. The molecule has 5 atom stereocenters. The molecule has 0 amide bonds. The molecule has 0 saturated heterocycles. The average Bonchev–Trinajstić information content (AvgIpc) is 2.52. The first-order valence-electron chi connectivity index (χ1n) is 9.65. The molecule has 0 spiro atoms. The van der Waals surface area contributed by atoms with E-state index in [4.69, 9.17) is 0 Å². The predicted octanol–water partition coefficient (Wildman–Crippen LogP) is 6.10. The van der Waals surface area contributed by atoms with E-state index in [1.807, 2.05) is 0 Å². The first-order chi connectivity index (χ1) is 10.9. The largest absolute Gasteiger partial charge is 0.303 e. The lowest BCUT2D eigenvalue weighted by molar-refractivity contribution is -0.109. The molecule has 2 unspecified atom stereocenters. The molecule has 0 aromatic rings. The van der Waals surface area contributed by atoms with Crippen LogP contribution in [0, 0.1) is 28.1 Å². The summed E-state index contributed by atoms with van der Waals surface area (Å²) in [5.74, 6) is 1.53. The summed E-state index contributed by atoms with van der Waals surface area (Å²) in [6, 6.07) is 0. The molecular weight excluding hydrogens is 280 g/mol. The number of aldehydes is 1. The normalized spacial score (nSPS) is 46.3. The number of carbonyl (C=O) groups excluding carboxylic acids is 1. The van der Waals surface area contributed by atoms with Gasteiger partial charge in [0.05, 0.1) is 0 Å². The molecule has 23 heavy (non-hydrogen) atoms. The van der Waals surface area contributed by atoms with Gasteiger partial charge in [0.2, 0.25) is 0 Å². The fourth-order valence-corrected chi connectivity index (χ4v) is 6.43. The lowest BCUT2D eigenvalue weighted by Gasteiger charge is -2.59. The maximum atomic E-state index is 10.9. The second-order valence-electron chi connectivity index (χ2n) is 9.38. The van der Waals surface area contributed by atoms with Gasteiger partial charge in [0.1, 0.15) is 6.29 Å². The monoisotopic (exact) mass is 314 g/mol. The topological polar surface area (TPSA) is 17.1 Å². The van der Waals surface area contributed by atoms with Gasteiger partial charge in [-0.15, -0.1) is 6.58 Å². The molecule has 1 nitrogen and oxygen atoms in total. The predicted molar refractivity (Wildman–Crippen MR) is 97.2 cm³/mol. The first-order valence-corrected chi connectivity index (χ1v) is 9.65. The number of hydrogen-bond acceptors (Lipinski definition) is 1. The molecule has 0 aromatic heterocycles. The minimum absolute atomic E-state index is 0.298. The summed E-state index contributed by atoms with van der Waals surface area (Å²) in [5, 5.41) is 0. The van der Waals surface area contributed by atoms with Crippen LogP contribution < -0.4 is 0 Å². The van der Waals surface area contributed by atoms with Crippen LogP contribution in [0.2, 0.25) is 0 Å². The van der Waals surface area contributed by atoms with Crippen LogP contribution >= 0.6 is 0 Å². The van der Waals surface area contributed by atoms with Crippen molar-refractivity contribution in [2.45, 2.75) is 78.6 Å². The Kier molecular flexibility index (Phi) is 4.36. The Hall–Kier alpha value is -0.850. The Morgan fingerprint density at radius 1 is 1.26 bits per heavy atom. The Morgan fingerprint density at radius 3 is 2.74 bits per heavy atom. The molecule has 0 heterocycles. The molecule has 2 saturated carbocycles. The maximum absolute atomic E-state index is 10.9. The molecule has 0 radical (unpaired) electrons. The van der Waals surface area contributed by atoms with Crippen LogP contribution in [0.5, 0.6) is 0 Å². The third-order valence-corrected chi connectivity index (χ3v) is 7.78. The molecule has 0 aromatic carbocycles. The molecule has 3 aliphatic rings. The van der Waals surface area contributed by atoms with Crippen molar-refractivity contribution >= 4 is 6.29 Å². The maximum Gasteiger partial charge on any atom is 0.120 e. The number of fused-ring (bicyclic) bond motifs is 3. The SMILES string of the molecule is C=C[C@@]1(C)CC=C2C(CCC3[C@](C)(CCC=O)CCC[C@@]23C)C1. The third-order valence-electron chi connectivity index (χ3n) is 7.78.